The van der Waals surface area contributed by atoms with Crippen molar-refractivity contribution in [2.75, 3.05) is 0 Å². The van der Waals surface area contributed by atoms with Gasteiger partial charge in [0.05, 0.1) is 0 Å². The predicted molar refractivity (Wildman–Crippen MR) is 58.6 cm³/mol. The first-order valence-corrected chi connectivity index (χ1v) is 5.83. The molecule has 0 saturated heterocycles. The molecule has 78 valence electrons. The minimum Gasteiger partial charge on any atom is -0.327 e. The van der Waals surface area contributed by atoms with Crippen molar-refractivity contribution in [2.45, 2.75) is 65.3 Å². The second kappa shape index (κ2) is 4.45. The zero-order chi connectivity index (χ0) is 9.90. The van der Waals surface area contributed by atoms with Gasteiger partial charge >= 0.3 is 0 Å². The topological polar surface area (TPSA) is 26.0 Å². The Kier molecular flexibility index (Phi) is 3.78. The van der Waals surface area contributed by atoms with Gasteiger partial charge < -0.3 is 5.73 Å². The lowest BCUT2D eigenvalue weighted by Gasteiger charge is -2.38. The molecule has 0 heterocycles. The Morgan fingerprint density at radius 1 is 1.23 bits per heavy atom. The Morgan fingerprint density at radius 2 is 1.77 bits per heavy atom. The minimum atomic E-state index is 0.335. The third-order valence-corrected chi connectivity index (χ3v) is 3.97. The predicted octanol–water partition coefficient (Wildman–Crippen LogP) is 3.33. The van der Waals surface area contributed by atoms with Crippen LogP contribution in [0.5, 0.6) is 0 Å². The van der Waals surface area contributed by atoms with Crippen molar-refractivity contribution in [3.63, 3.8) is 0 Å². The molecule has 0 aliphatic heterocycles. The first-order valence-electron chi connectivity index (χ1n) is 5.83. The van der Waals surface area contributed by atoms with Gasteiger partial charge in [0.25, 0.3) is 0 Å². The first-order chi connectivity index (χ1) is 6.08. The van der Waals surface area contributed by atoms with E-state index in [1.54, 1.807) is 0 Å². The van der Waals surface area contributed by atoms with Crippen LogP contribution >= 0.6 is 0 Å². The van der Waals surface area contributed by atoms with E-state index >= 15 is 0 Å². The summed E-state index contributed by atoms with van der Waals surface area (Å²) < 4.78 is 0. The molecule has 13 heavy (non-hydrogen) atoms. The second-order valence-corrected chi connectivity index (χ2v) is 5.27. The summed E-state index contributed by atoms with van der Waals surface area (Å²) in [7, 11) is 0. The van der Waals surface area contributed by atoms with Crippen molar-refractivity contribution in [1.29, 1.82) is 0 Å². The molecule has 0 aromatic heterocycles. The van der Waals surface area contributed by atoms with Gasteiger partial charge in [-0.1, -0.05) is 40.0 Å². The monoisotopic (exact) mass is 183 g/mol. The van der Waals surface area contributed by atoms with Crippen LogP contribution in [0.1, 0.15) is 59.3 Å². The number of hydrogen-bond donors (Lipinski definition) is 1. The van der Waals surface area contributed by atoms with E-state index in [1.807, 2.05) is 0 Å². The van der Waals surface area contributed by atoms with E-state index < -0.39 is 0 Å². The summed E-state index contributed by atoms with van der Waals surface area (Å²) in [5.41, 5.74) is 6.67. The highest BCUT2D eigenvalue weighted by atomic mass is 14.7. The standard InChI is InChI=1S/C12H25N/c1-4-12(2,3)11(13)10-8-6-5-7-9-10/h10-11H,4-9,13H2,1-3H3. The van der Waals surface area contributed by atoms with Crippen LogP contribution in [0.4, 0.5) is 0 Å². The minimum absolute atomic E-state index is 0.335. The maximum atomic E-state index is 6.34. The van der Waals surface area contributed by atoms with E-state index in [2.05, 4.69) is 20.8 Å². The molecule has 0 aromatic carbocycles. The van der Waals surface area contributed by atoms with Crippen molar-refractivity contribution in [3.8, 4) is 0 Å². The molecule has 0 radical (unpaired) electrons. The van der Waals surface area contributed by atoms with Crippen LogP contribution in [0.2, 0.25) is 0 Å². The van der Waals surface area contributed by atoms with Gasteiger partial charge in [-0.25, -0.2) is 0 Å². The Labute approximate surface area is 83.1 Å². The van der Waals surface area contributed by atoms with Gasteiger partial charge in [0, 0.05) is 6.04 Å². The number of hydrogen-bond acceptors (Lipinski definition) is 1. The van der Waals surface area contributed by atoms with E-state index in [1.165, 1.54) is 38.5 Å². The Bertz CT molecular complexity index is 145. The van der Waals surface area contributed by atoms with Crippen molar-refractivity contribution in [3.05, 3.63) is 0 Å². The van der Waals surface area contributed by atoms with Gasteiger partial charge in [-0.2, -0.15) is 0 Å². The molecule has 1 rings (SSSR count). The molecule has 1 atom stereocenters. The summed E-state index contributed by atoms with van der Waals surface area (Å²) in [6.45, 7) is 6.88. The molecule has 1 heteroatoms. The van der Waals surface area contributed by atoms with Gasteiger partial charge in [0.15, 0.2) is 0 Å². The summed E-state index contributed by atoms with van der Waals surface area (Å²) in [5.74, 6) is 0.795. The fourth-order valence-electron chi connectivity index (χ4n) is 2.37. The fraction of sp³-hybridized carbons (Fsp3) is 1.00. The van der Waals surface area contributed by atoms with Crippen LogP contribution in [-0.4, -0.2) is 6.04 Å². The summed E-state index contributed by atoms with van der Waals surface area (Å²) >= 11 is 0. The molecule has 1 nitrogen and oxygen atoms in total. The summed E-state index contributed by atoms with van der Waals surface area (Å²) in [6.07, 6.45) is 8.16. The van der Waals surface area contributed by atoms with Crippen LogP contribution in [0.3, 0.4) is 0 Å². The van der Waals surface area contributed by atoms with Crippen LogP contribution in [0.15, 0.2) is 0 Å². The third kappa shape index (κ3) is 2.70. The lowest BCUT2D eigenvalue weighted by atomic mass is 9.71. The smallest absolute Gasteiger partial charge is 0.0119 e. The van der Waals surface area contributed by atoms with Gasteiger partial charge in [-0.05, 0) is 30.6 Å². The molecule has 0 bridgehead atoms. The first kappa shape index (κ1) is 11.0. The highest BCUT2D eigenvalue weighted by Gasteiger charge is 2.31. The lowest BCUT2D eigenvalue weighted by molar-refractivity contribution is 0.171. The molecule has 2 N–H and O–H groups in total. The quantitative estimate of drug-likeness (QED) is 0.713. The van der Waals surface area contributed by atoms with Gasteiger partial charge in [-0.3, -0.25) is 0 Å². The van der Waals surface area contributed by atoms with E-state index in [9.17, 15) is 0 Å². The Balaban J connectivity index is 2.49. The van der Waals surface area contributed by atoms with Gasteiger partial charge in [-0.15, -0.1) is 0 Å². The maximum absolute atomic E-state index is 6.34. The molecule has 0 amide bonds. The average molecular weight is 183 g/mol. The van der Waals surface area contributed by atoms with E-state index in [-0.39, 0.29) is 0 Å². The van der Waals surface area contributed by atoms with Crippen LogP contribution < -0.4 is 5.73 Å². The molecular formula is C12H25N. The van der Waals surface area contributed by atoms with E-state index in [0.717, 1.165) is 5.92 Å². The lowest BCUT2D eigenvalue weighted by Crippen LogP contribution is -2.43. The SMILES string of the molecule is CCC(C)(C)C(N)C1CCCCC1. The molecule has 0 spiro atoms. The molecular weight excluding hydrogens is 158 g/mol. The highest BCUT2D eigenvalue weighted by molar-refractivity contribution is 4.87. The zero-order valence-corrected chi connectivity index (χ0v) is 9.47. The number of rotatable bonds is 3. The Hall–Kier alpha value is -0.0400. The number of nitrogens with two attached hydrogens (primary N) is 1. The molecule has 1 unspecified atom stereocenters. The fourth-order valence-corrected chi connectivity index (χ4v) is 2.37. The normalized spacial score (nSPS) is 23.1. The van der Waals surface area contributed by atoms with E-state index in [0.29, 0.717) is 11.5 Å². The van der Waals surface area contributed by atoms with E-state index in [4.69, 9.17) is 5.73 Å². The van der Waals surface area contributed by atoms with Crippen molar-refractivity contribution >= 4 is 0 Å². The van der Waals surface area contributed by atoms with Crippen LogP contribution in [0, 0.1) is 11.3 Å². The molecule has 1 aliphatic rings. The van der Waals surface area contributed by atoms with Crippen LogP contribution in [-0.2, 0) is 0 Å². The van der Waals surface area contributed by atoms with Crippen LogP contribution in [0.25, 0.3) is 0 Å². The molecule has 0 aromatic rings. The highest BCUT2D eigenvalue weighted by Crippen LogP contribution is 2.35. The molecule has 1 fully saturated rings. The van der Waals surface area contributed by atoms with Crippen molar-refractivity contribution in [2.24, 2.45) is 17.1 Å². The summed E-state index contributed by atoms with van der Waals surface area (Å²) in [5, 5.41) is 0. The largest absolute Gasteiger partial charge is 0.327 e. The Morgan fingerprint density at radius 3 is 2.23 bits per heavy atom. The van der Waals surface area contributed by atoms with Gasteiger partial charge in [0.1, 0.15) is 0 Å². The van der Waals surface area contributed by atoms with Crippen molar-refractivity contribution in [1.82, 2.24) is 0 Å². The molecule has 1 aliphatic carbocycles. The second-order valence-electron chi connectivity index (χ2n) is 5.27. The summed E-state index contributed by atoms with van der Waals surface area (Å²) in [4.78, 5) is 0. The van der Waals surface area contributed by atoms with Gasteiger partial charge in [0.2, 0.25) is 0 Å². The third-order valence-electron chi connectivity index (χ3n) is 3.97. The maximum Gasteiger partial charge on any atom is 0.0119 e. The molecule has 1 saturated carbocycles. The zero-order valence-electron chi connectivity index (χ0n) is 9.47. The average Bonchev–Trinajstić information content (AvgIpc) is 2.18. The summed E-state index contributed by atoms with van der Waals surface area (Å²) in [6, 6.07) is 0.415. The van der Waals surface area contributed by atoms with Crippen molar-refractivity contribution < 1.29 is 0 Å².